The summed E-state index contributed by atoms with van der Waals surface area (Å²) in [6.45, 7) is 1.81. The van der Waals surface area contributed by atoms with Crippen molar-refractivity contribution in [1.82, 2.24) is 25.2 Å². The SMILES string of the molecule is CC(=NNC(=O)c1nc(-c2ccccc2)n(-c2ccccc2)n1)c1ccncc1. The third-order valence-electron chi connectivity index (χ3n) is 4.27. The molecule has 29 heavy (non-hydrogen) atoms. The number of hydrogen-bond donors (Lipinski definition) is 1. The van der Waals surface area contributed by atoms with Crippen molar-refractivity contribution in [2.24, 2.45) is 5.10 Å². The van der Waals surface area contributed by atoms with E-state index in [1.54, 1.807) is 24.0 Å². The average molecular weight is 382 g/mol. The number of amides is 1. The van der Waals surface area contributed by atoms with Crippen molar-refractivity contribution in [3.63, 3.8) is 0 Å². The smallest absolute Gasteiger partial charge is 0.265 e. The van der Waals surface area contributed by atoms with E-state index in [0.717, 1.165) is 16.8 Å². The maximum Gasteiger partial charge on any atom is 0.311 e. The van der Waals surface area contributed by atoms with E-state index in [4.69, 9.17) is 0 Å². The largest absolute Gasteiger partial charge is 0.311 e. The van der Waals surface area contributed by atoms with Crippen LogP contribution in [-0.2, 0) is 0 Å². The molecule has 7 nitrogen and oxygen atoms in total. The van der Waals surface area contributed by atoms with Crippen LogP contribution in [0.15, 0.2) is 90.3 Å². The van der Waals surface area contributed by atoms with Gasteiger partial charge in [-0.05, 0) is 31.2 Å². The second-order valence-electron chi connectivity index (χ2n) is 6.25. The molecule has 2 aromatic carbocycles. The Hall–Kier alpha value is -4.13. The van der Waals surface area contributed by atoms with E-state index in [9.17, 15) is 4.79 Å². The second-order valence-corrected chi connectivity index (χ2v) is 6.25. The molecule has 0 aliphatic heterocycles. The Balaban J connectivity index is 1.66. The van der Waals surface area contributed by atoms with Crippen LogP contribution in [0.1, 0.15) is 23.1 Å². The van der Waals surface area contributed by atoms with Gasteiger partial charge >= 0.3 is 5.91 Å². The highest BCUT2D eigenvalue weighted by atomic mass is 16.2. The number of carbonyl (C=O) groups is 1. The molecular weight excluding hydrogens is 364 g/mol. The van der Waals surface area contributed by atoms with Crippen molar-refractivity contribution in [3.8, 4) is 17.1 Å². The molecule has 0 aliphatic rings. The summed E-state index contributed by atoms with van der Waals surface area (Å²) in [7, 11) is 0. The Morgan fingerprint density at radius 1 is 0.931 bits per heavy atom. The number of benzene rings is 2. The van der Waals surface area contributed by atoms with Gasteiger partial charge in [-0.3, -0.25) is 9.78 Å². The lowest BCUT2D eigenvalue weighted by Gasteiger charge is -2.05. The first kappa shape index (κ1) is 18.2. The fourth-order valence-electron chi connectivity index (χ4n) is 2.77. The highest BCUT2D eigenvalue weighted by molar-refractivity contribution is 6.00. The van der Waals surface area contributed by atoms with Crippen molar-refractivity contribution in [2.75, 3.05) is 0 Å². The van der Waals surface area contributed by atoms with E-state index in [1.165, 1.54) is 0 Å². The highest BCUT2D eigenvalue weighted by Gasteiger charge is 2.18. The number of hydrazone groups is 1. The maximum absolute atomic E-state index is 12.6. The number of hydrogen-bond acceptors (Lipinski definition) is 5. The zero-order valence-electron chi connectivity index (χ0n) is 15.7. The first-order valence-electron chi connectivity index (χ1n) is 9.05. The lowest BCUT2D eigenvalue weighted by Crippen LogP contribution is -2.21. The molecule has 0 bridgehead atoms. The van der Waals surface area contributed by atoms with Crippen molar-refractivity contribution in [2.45, 2.75) is 6.92 Å². The van der Waals surface area contributed by atoms with E-state index in [-0.39, 0.29) is 5.82 Å². The van der Waals surface area contributed by atoms with Crippen LogP contribution < -0.4 is 5.43 Å². The minimum Gasteiger partial charge on any atom is -0.265 e. The molecule has 0 fully saturated rings. The Morgan fingerprint density at radius 2 is 1.59 bits per heavy atom. The molecule has 4 aromatic rings. The third-order valence-corrected chi connectivity index (χ3v) is 4.27. The molecular formula is C22H18N6O. The molecule has 4 rings (SSSR count). The normalized spacial score (nSPS) is 11.3. The van der Waals surface area contributed by atoms with Gasteiger partial charge in [0.25, 0.3) is 0 Å². The average Bonchev–Trinajstić information content (AvgIpc) is 3.25. The first-order chi connectivity index (χ1) is 14.2. The zero-order valence-corrected chi connectivity index (χ0v) is 15.7. The van der Waals surface area contributed by atoms with Crippen molar-refractivity contribution in [1.29, 1.82) is 0 Å². The summed E-state index contributed by atoms with van der Waals surface area (Å²) >= 11 is 0. The van der Waals surface area contributed by atoms with Gasteiger partial charge in [0.2, 0.25) is 5.82 Å². The van der Waals surface area contributed by atoms with Gasteiger partial charge in [-0.2, -0.15) is 5.10 Å². The summed E-state index contributed by atoms with van der Waals surface area (Å²) in [6.07, 6.45) is 3.34. The Bertz CT molecular complexity index is 1080. The Labute approximate surface area is 167 Å². The predicted octanol–water partition coefficient (Wildman–Crippen LogP) is 3.48. The van der Waals surface area contributed by atoms with Crippen LogP contribution in [0.4, 0.5) is 0 Å². The maximum atomic E-state index is 12.6. The van der Waals surface area contributed by atoms with E-state index in [2.05, 4.69) is 25.6 Å². The predicted molar refractivity (Wildman–Crippen MR) is 111 cm³/mol. The van der Waals surface area contributed by atoms with Crippen molar-refractivity contribution in [3.05, 3.63) is 96.6 Å². The van der Waals surface area contributed by atoms with E-state index in [0.29, 0.717) is 11.5 Å². The first-order valence-corrected chi connectivity index (χ1v) is 9.05. The summed E-state index contributed by atoms with van der Waals surface area (Å²) in [5.41, 5.74) is 5.73. The number of para-hydroxylation sites is 1. The Kier molecular flexibility index (Phi) is 5.20. The number of aromatic nitrogens is 4. The van der Waals surface area contributed by atoms with Gasteiger partial charge in [-0.15, -0.1) is 5.10 Å². The molecule has 0 spiro atoms. The molecule has 1 N–H and O–H groups in total. The molecule has 1 amide bonds. The van der Waals surface area contributed by atoms with Gasteiger partial charge in [0.1, 0.15) is 0 Å². The minimum atomic E-state index is -0.481. The molecule has 2 heterocycles. The van der Waals surface area contributed by atoms with Crippen LogP contribution in [0.2, 0.25) is 0 Å². The molecule has 0 atom stereocenters. The van der Waals surface area contributed by atoms with Crippen LogP contribution in [0.3, 0.4) is 0 Å². The van der Waals surface area contributed by atoms with Crippen LogP contribution in [0.25, 0.3) is 17.1 Å². The summed E-state index contributed by atoms with van der Waals surface area (Å²) in [5, 5.41) is 8.58. The molecule has 2 aromatic heterocycles. The molecule has 7 heteroatoms. The van der Waals surface area contributed by atoms with Crippen LogP contribution >= 0.6 is 0 Å². The van der Waals surface area contributed by atoms with Gasteiger partial charge in [-0.1, -0.05) is 48.5 Å². The quantitative estimate of drug-likeness (QED) is 0.423. The topological polar surface area (TPSA) is 85.1 Å². The van der Waals surface area contributed by atoms with Crippen molar-refractivity contribution >= 4 is 11.6 Å². The van der Waals surface area contributed by atoms with E-state index < -0.39 is 5.91 Å². The minimum absolute atomic E-state index is 0.0407. The number of carbonyl (C=O) groups excluding carboxylic acids is 1. The number of rotatable bonds is 5. The summed E-state index contributed by atoms with van der Waals surface area (Å²) in [6, 6.07) is 22.8. The monoisotopic (exact) mass is 382 g/mol. The summed E-state index contributed by atoms with van der Waals surface area (Å²) in [5.74, 6) is 0.140. The van der Waals surface area contributed by atoms with Gasteiger partial charge in [0.15, 0.2) is 5.82 Å². The van der Waals surface area contributed by atoms with Crippen LogP contribution in [0, 0.1) is 0 Å². The fraction of sp³-hybridized carbons (Fsp3) is 0.0455. The Morgan fingerprint density at radius 3 is 2.28 bits per heavy atom. The molecule has 0 saturated carbocycles. The molecule has 0 radical (unpaired) electrons. The fourth-order valence-corrected chi connectivity index (χ4v) is 2.77. The van der Waals surface area contributed by atoms with Gasteiger partial charge in [0, 0.05) is 23.5 Å². The standard InChI is InChI=1S/C22H18N6O/c1-16(17-12-14-23-15-13-17)25-26-22(29)20-24-21(18-8-4-2-5-9-18)28(27-20)19-10-6-3-7-11-19/h2-15H,1H3,(H,26,29). The number of nitrogens with one attached hydrogen (secondary N) is 1. The third kappa shape index (κ3) is 4.08. The summed E-state index contributed by atoms with van der Waals surface area (Å²) in [4.78, 5) is 21.1. The van der Waals surface area contributed by atoms with Crippen molar-refractivity contribution < 1.29 is 4.79 Å². The molecule has 142 valence electrons. The zero-order chi connectivity index (χ0) is 20.1. The number of pyridine rings is 1. The summed E-state index contributed by atoms with van der Waals surface area (Å²) < 4.78 is 1.66. The second kappa shape index (κ2) is 8.26. The molecule has 0 saturated heterocycles. The van der Waals surface area contributed by atoms with Crippen LogP contribution in [-0.4, -0.2) is 31.4 Å². The van der Waals surface area contributed by atoms with E-state index in [1.807, 2.05) is 72.8 Å². The van der Waals surface area contributed by atoms with Gasteiger partial charge < -0.3 is 0 Å². The van der Waals surface area contributed by atoms with Crippen LogP contribution in [0.5, 0.6) is 0 Å². The lowest BCUT2D eigenvalue weighted by molar-refractivity contribution is 0.0944. The molecule has 0 unspecified atom stereocenters. The van der Waals surface area contributed by atoms with Gasteiger partial charge in [-0.25, -0.2) is 15.1 Å². The van der Waals surface area contributed by atoms with E-state index >= 15 is 0 Å². The lowest BCUT2D eigenvalue weighted by atomic mass is 10.2. The molecule has 0 aliphatic carbocycles. The highest BCUT2D eigenvalue weighted by Crippen LogP contribution is 2.20. The number of nitrogens with zero attached hydrogens (tertiary/aromatic N) is 5. The van der Waals surface area contributed by atoms with Gasteiger partial charge in [0.05, 0.1) is 11.4 Å².